The zero-order valence-corrected chi connectivity index (χ0v) is 21.7. The summed E-state index contributed by atoms with van der Waals surface area (Å²) in [6.45, 7) is 1.08. The molecule has 7 nitrogen and oxygen atoms in total. The second kappa shape index (κ2) is 11.1. The van der Waals surface area contributed by atoms with Crippen molar-refractivity contribution in [2.24, 2.45) is 0 Å². The molecular weight excluding hydrogens is 541 g/mol. The number of carbonyl (C=O) groups is 1. The number of benzene rings is 3. The SMILES string of the molecule is CCS(=O)(=O)c1ccc(C(CO)C(=O)Nc2ccc3nc(Cc4ccc(OC(F)(F)F)cc4)sc3c2)cc1. The fourth-order valence-electron chi connectivity index (χ4n) is 3.75. The maximum absolute atomic E-state index is 12.9. The summed E-state index contributed by atoms with van der Waals surface area (Å²) in [5.74, 6) is -1.69. The number of nitrogens with one attached hydrogen (secondary N) is 1. The second-order valence-electron chi connectivity index (χ2n) is 8.36. The molecule has 1 heterocycles. The molecule has 3 aromatic carbocycles. The molecule has 200 valence electrons. The summed E-state index contributed by atoms with van der Waals surface area (Å²) in [5.41, 5.74) is 2.44. The lowest BCUT2D eigenvalue weighted by Gasteiger charge is -2.15. The average molecular weight is 565 g/mol. The average Bonchev–Trinajstić information content (AvgIpc) is 3.26. The zero-order chi connectivity index (χ0) is 27.5. The molecule has 0 aliphatic heterocycles. The summed E-state index contributed by atoms with van der Waals surface area (Å²) in [6, 6.07) is 16.6. The standard InChI is InChI=1S/C26H23F3N2O5S2/c1-2-38(34,35)20-10-5-17(6-11-20)21(15-32)25(33)30-18-7-12-22-23(14-18)37-24(31-22)13-16-3-8-19(9-4-16)36-26(27,28)29/h3-12,14,21,32H,2,13,15H2,1H3,(H,30,33). The number of aromatic nitrogens is 1. The third kappa shape index (κ3) is 6.69. The third-order valence-electron chi connectivity index (χ3n) is 5.73. The number of ether oxygens (including phenoxy) is 1. The van der Waals surface area contributed by atoms with E-state index in [0.29, 0.717) is 23.2 Å². The first kappa shape index (κ1) is 27.6. The van der Waals surface area contributed by atoms with E-state index in [1.807, 2.05) is 0 Å². The van der Waals surface area contributed by atoms with E-state index in [1.165, 1.54) is 59.9 Å². The summed E-state index contributed by atoms with van der Waals surface area (Å²) in [6.07, 6.45) is -4.34. The zero-order valence-electron chi connectivity index (χ0n) is 20.0. The van der Waals surface area contributed by atoms with Crippen molar-refractivity contribution in [1.82, 2.24) is 4.98 Å². The summed E-state index contributed by atoms with van der Waals surface area (Å²) in [5, 5.41) is 13.4. The molecule has 0 aliphatic rings. The Morgan fingerprint density at radius 3 is 2.37 bits per heavy atom. The molecule has 1 atom stereocenters. The normalized spacial score (nSPS) is 12.9. The molecule has 12 heteroatoms. The Hall–Kier alpha value is -3.48. The van der Waals surface area contributed by atoms with E-state index >= 15 is 0 Å². The van der Waals surface area contributed by atoms with E-state index < -0.39 is 34.6 Å². The van der Waals surface area contributed by atoms with Crippen molar-refractivity contribution in [1.29, 1.82) is 0 Å². The van der Waals surface area contributed by atoms with Crippen LogP contribution in [0.5, 0.6) is 5.75 Å². The van der Waals surface area contributed by atoms with Crippen LogP contribution < -0.4 is 10.1 Å². The largest absolute Gasteiger partial charge is 0.573 e. The minimum absolute atomic E-state index is 0.0404. The lowest BCUT2D eigenvalue weighted by molar-refractivity contribution is -0.274. The predicted molar refractivity (Wildman–Crippen MR) is 138 cm³/mol. The van der Waals surface area contributed by atoms with Gasteiger partial charge in [-0.1, -0.05) is 31.2 Å². The number of alkyl halides is 3. The quantitative estimate of drug-likeness (QED) is 0.286. The molecule has 1 amide bonds. The molecule has 0 aliphatic carbocycles. The van der Waals surface area contributed by atoms with Crippen LogP contribution in [0.1, 0.15) is 29.0 Å². The van der Waals surface area contributed by atoms with E-state index in [1.54, 1.807) is 25.1 Å². The number of nitrogens with zero attached hydrogens (tertiary/aromatic N) is 1. The molecule has 4 rings (SSSR count). The van der Waals surface area contributed by atoms with E-state index in [0.717, 1.165) is 15.3 Å². The fourth-order valence-corrected chi connectivity index (χ4v) is 5.68. The third-order valence-corrected chi connectivity index (χ3v) is 8.50. The van der Waals surface area contributed by atoms with E-state index in [2.05, 4.69) is 15.0 Å². The van der Waals surface area contributed by atoms with Crippen LogP contribution in [0.2, 0.25) is 0 Å². The van der Waals surface area contributed by atoms with Gasteiger partial charge < -0.3 is 15.2 Å². The van der Waals surface area contributed by atoms with Crippen LogP contribution in [0, 0.1) is 0 Å². The molecule has 0 saturated carbocycles. The molecule has 1 unspecified atom stereocenters. The highest BCUT2D eigenvalue weighted by atomic mass is 32.2. The Morgan fingerprint density at radius 2 is 1.76 bits per heavy atom. The van der Waals surface area contributed by atoms with Gasteiger partial charge in [-0.2, -0.15) is 0 Å². The maximum Gasteiger partial charge on any atom is 0.573 e. The molecule has 0 spiro atoms. The number of rotatable bonds is 9. The van der Waals surface area contributed by atoms with Crippen LogP contribution in [-0.4, -0.2) is 43.1 Å². The van der Waals surface area contributed by atoms with Crippen molar-refractivity contribution in [2.75, 3.05) is 17.7 Å². The highest BCUT2D eigenvalue weighted by Gasteiger charge is 2.31. The van der Waals surface area contributed by atoms with Gasteiger partial charge in [0.05, 0.1) is 38.4 Å². The summed E-state index contributed by atoms with van der Waals surface area (Å²) in [7, 11) is -3.38. The van der Waals surface area contributed by atoms with Gasteiger partial charge in [-0.25, -0.2) is 13.4 Å². The van der Waals surface area contributed by atoms with Gasteiger partial charge in [-0.15, -0.1) is 24.5 Å². The van der Waals surface area contributed by atoms with Crippen LogP contribution in [0.25, 0.3) is 10.2 Å². The van der Waals surface area contributed by atoms with Gasteiger partial charge in [0, 0.05) is 12.1 Å². The fraction of sp³-hybridized carbons (Fsp3) is 0.231. The molecule has 1 aromatic heterocycles. The van der Waals surface area contributed by atoms with Crippen molar-refractivity contribution in [3.63, 3.8) is 0 Å². The number of fused-ring (bicyclic) bond motifs is 1. The Balaban J connectivity index is 1.45. The molecule has 0 fully saturated rings. The molecule has 38 heavy (non-hydrogen) atoms. The topological polar surface area (TPSA) is 106 Å². The van der Waals surface area contributed by atoms with Crippen LogP contribution >= 0.6 is 11.3 Å². The Morgan fingerprint density at radius 1 is 1.08 bits per heavy atom. The minimum Gasteiger partial charge on any atom is -0.406 e. The molecule has 0 radical (unpaired) electrons. The minimum atomic E-state index is -4.75. The second-order valence-corrected chi connectivity index (χ2v) is 11.7. The molecule has 0 bridgehead atoms. The number of hydrogen-bond acceptors (Lipinski definition) is 7. The van der Waals surface area contributed by atoms with Gasteiger partial charge in [0.2, 0.25) is 5.91 Å². The van der Waals surface area contributed by atoms with Crippen molar-refractivity contribution in [3.8, 4) is 5.75 Å². The van der Waals surface area contributed by atoms with Crippen molar-refractivity contribution in [3.05, 3.63) is 82.9 Å². The van der Waals surface area contributed by atoms with Crippen molar-refractivity contribution < 1.29 is 36.2 Å². The number of sulfone groups is 1. The summed E-state index contributed by atoms with van der Waals surface area (Å²) < 4.78 is 65.8. The number of amides is 1. The van der Waals surface area contributed by atoms with Gasteiger partial charge in [0.15, 0.2) is 9.84 Å². The predicted octanol–water partition coefficient (Wildman–Crippen LogP) is 5.29. The number of anilines is 1. The first-order valence-corrected chi connectivity index (χ1v) is 13.9. The highest BCUT2D eigenvalue weighted by Crippen LogP contribution is 2.29. The highest BCUT2D eigenvalue weighted by molar-refractivity contribution is 7.91. The van der Waals surface area contributed by atoms with Gasteiger partial charge in [-0.3, -0.25) is 4.79 Å². The van der Waals surface area contributed by atoms with E-state index in [4.69, 9.17) is 0 Å². The smallest absolute Gasteiger partial charge is 0.406 e. The number of aliphatic hydroxyl groups is 1. The van der Waals surface area contributed by atoms with Crippen molar-refractivity contribution in [2.45, 2.75) is 30.5 Å². The molecule has 2 N–H and O–H groups in total. The Kier molecular flexibility index (Phi) is 8.05. The van der Waals surface area contributed by atoms with E-state index in [-0.39, 0.29) is 16.4 Å². The maximum atomic E-state index is 12.9. The Bertz CT molecular complexity index is 1530. The lowest BCUT2D eigenvalue weighted by Crippen LogP contribution is -2.24. The summed E-state index contributed by atoms with van der Waals surface area (Å²) in [4.78, 5) is 17.6. The summed E-state index contributed by atoms with van der Waals surface area (Å²) >= 11 is 1.38. The van der Waals surface area contributed by atoms with Crippen molar-refractivity contribution >= 4 is 43.0 Å². The van der Waals surface area contributed by atoms with E-state index in [9.17, 15) is 31.5 Å². The number of aliphatic hydroxyl groups excluding tert-OH is 1. The first-order valence-electron chi connectivity index (χ1n) is 11.5. The molecule has 4 aromatic rings. The number of halogens is 3. The van der Waals surface area contributed by atoms with Gasteiger partial charge >= 0.3 is 6.36 Å². The number of carbonyl (C=O) groups excluding carboxylic acids is 1. The van der Waals surface area contributed by atoms with Gasteiger partial charge in [-0.05, 0) is 53.6 Å². The van der Waals surface area contributed by atoms with Gasteiger partial charge in [0.1, 0.15) is 5.75 Å². The monoisotopic (exact) mass is 564 g/mol. The Labute approximate surface area is 220 Å². The van der Waals surface area contributed by atoms with Crippen LogP contribution in [-0.2, 0) is 21.1 Å². The van der Waals surface area contributed by atoms with Crippen LogP contribution in [0.4, 0.5) is 18.9 Å². The molecule has 0 saturated heterocycles. The first-order chi connectivity index (χ1) is 18.0. The number of hydrogen-bond donors (Lipinski definition) is 2. The van der Waals surface area contributed by atoms with Crippen LogP contribution in [0.3, 0.4) is 0 Å². The molecular formula is C26H23F3N2O5S2. The van der Waals surface area contributed by atoms with Crippen LogP contribution in [0.15, 0.2) is 71.6 Å². The lowest BCUT2D eigenvalue weighted by atomic mass is 9.99. The van der Waals surface area contributed by atoms with Gasteiger partial charge in [0.25, 0.3) is 0 Å². The number of thiazole rings is 1.